The molecule has 0 radical (unpaired) electrons. The molecule has 0 aliphatic rings. The van der Waals surface area contributed by atoms with Crippen LogP contribution in [0.1, 0.15) is 21.7 Å². The Hall–Kier alpha value is -2.37. The van der Waals surface area contributed by atoms with E-state index in [1.807, 2.05) is 6.92 Å². The van der Waals surface area contributed by atoms with E-state index in [-0.39, 0.29) is 5.91 Å². The van der Waals surface area contributed by atoms with Gasteiger partial charge in [0.15, 0.2) is 0 Å². The van der Waals surface area contributed by atoms with E-state index >= 15 is 0 Å². The van der Waals surface area contributed by atoms with Crippen molar-refractivity contribution in [3.8, 4) is 0 Å². The number of pyridine rings is 1. The van der Waals surface area contributed by atoms with Gasteiger partial charge < -0.3 is 10.6 Å². The molecule has 0 saturated carbocycles. The van der Waals surface area contributed by atoms with Crippen LogP contribution in [0.3, 0.4) is 0 Å². The zero-order chi connectivity index (χ0) is 13.0. The van der Waals surface area contributed by atoms with E-state index in [0.717, 1.165) is 11.3 Å². The second-order valence-corrected chi connectivity index (χ2v) is 3.86. The van der Waals surface area contributed by atoms with E-state index in [2.05, 4.69) is 25.8 Å². The third kappa shape index (κ3) is 2.65. The fourth-order valence-electron chi connectivity index (χ4n) is 1.52. The minimum Gasteiger partial charge on any atom is -0.373 e. The molecule has 3 N–H and O–H groups in total. The summed E-state index contributed by atoms with van der Waals surface area (Å²) in [6, 6.07) is 5.27. The fourth-order valence-corrected chi connectivity index (χ4v) is 1.52. The molecule has 2 heterocycles. The van der Waals surface area contributed by atoms with Crippen LogP contribution in [0.5, 0.6) is 0 Å². The highest BCUT2D eigenvalue weighted by Crippen LogP contribution is 2.05. The van der Waals surface area contributed by atoms with Crippen molar-refractivity contribution in [3.63, 3.8) is 0 Å². The van der Waals surface area contributed by atoms with Crippen LogP contribution in [-0.4, -0.2) is 28.1 Å². The number of H-pyrrole nitrogens is 1. The van der Waals surface area contributed by atoms with Crippen LogP contribution >= 0.6 is 0 Å². The molecule has 0 bridgehead atoms. The second kappa shape index (κ2) is 5.31. The van der Waals surface area contributed by atoms with E-state index in [9.17, 15) is 4.79 Å². The van der Waals surface area contributed by atoms with Crippen LogP contribution in [0.15, 0.2) is 24.4 Å². The Kier molecular flexibility index (Phi) is 3.57. The smallest absolute Gasteiger partial charge is 0.270 e. The van der Waals surface area contributed by atoms with Crippen molar-refractivity contribution in [2.45, 2.75) is 13.5 Å². The molecular weight excluding hydrogens is 230 g/mol. The number of aryl methyl sites for hydroxylation is 1. The molecule has 0 unspecified atom stereocenters. The summed E-state index contributed by atoms with van der Waals surface area (Å²) < 4.78 is 0. The van der Waals surface area contributed by atoms with Crippen molar-refractivity contribution in [2.75, 3.05) is 12.4 Å². The monoisotopic (exact) mass is 245 g/mol. The lowest BCUT2D eigenvalue weighted by Crippen LogP contribution is -2.24. The van der Waals surface area contributed by atoms with Gasteiger partial charge in [0, 0.05) is 24.8 Å². The molecule has 0 atom stereocenters. The van der Waals surface area contributed by atoms with Crippen LogP contribution in [0.2, 0.25) is 0 Å². The lowest BCUT2D eigenvalue weighted by atomic mass is 10.2. The fraction of sp³-hybridized carbons (Fsp3) is 0.250. The lowest BCUT2D eigenvalue weighted by molar-refractivity contribution is 0.0946. The number of hydrogen-bond donors (Lipinski definition) is 3. The van der Waals surface area contributed by atoms with Gasteiger partial charge in [0.25, 0.3) is 5.91 Å². The number of hydrogen-bond acceptors (Lipinski definition) is 4. The predicted molar refractivity (Wildman–Crippen MR) is 68.3 cm³/mol. The number of carbonyl (C=O) groups excluding carboxylic acids is 1. The van der Waals surface area contributed by atoms with Crippen molar-refractivity contribution >= 4 is 11.7 Å². The van der Waals surface area contributed by atoms with Crippen molar-refractivity contribution < 1.29 is 4.79 Å². The van der Waals surface area contributed by atoms with Gasteiger partial charge in [-0.05, 0) is 19.1 Å². The summed E-state index contributed by atoms with van der Waals surface area (Å²) in [5, 5.41) is 12.4. The Bertz CT molecular complexity index is 549. The summed E-state index contributed by atoms with van der Waals surface area (Å²) in [6.07, 6.45) is 1.70. The SMILES string of the molecule is CNc1cccc(C(=O)NCc2cn[nH]c2C)n1. The molecule has 94 valence electrons. The molecule has 2 aromatic rings. The molecule has 6 heteroatoms. The molecule has 18 heavy (non-hydrogen) atoms. The Morgan fingerprint density at radius 3 is 2.94 bits per heavy atom. The van der Waals surface area contributed by atoms with E-state index in [1.54, 1.807) is 31.4 Å². The third-order valence-electron chi connectivity index (χ3n) is 2.61. The topological polar surface area (TPSA) is 82.7 Å². The van der Waals surface area contributed by atoms with Gasteiger partial charge in [-0.2, -0.15) is 5.10 Å². The highest BCUT2D eigenvalue weighted by Gasteiger charge is 2.08. The first-order valence-corrected chi connectivity index (χ1v) is 5.62. The average Bonchev–Trinajstić information content (AvgIpc) is 2.81. The normalized spacial score (nSPS) is 10.1. The average molecular weight is 245 g/mol. The van der Waals surface area contributed by atoms with Crippen molar-refractivity contribution in [2.24, 2.45) is 0 Å². The Balaban J connectivity index is 2.01. The van der Waals surface area contributed by atoms with E-state index in [4.69, 9.17) is 0 Å². The number of amides is 1. The molecule has 0 saturated heterocycles. The van der Waals surface area contributed by atoms with Gasteiger partial charge in [-0.1, -0.05) is 6.07 Å². The van der Waals surface area contributed by atoms with Gasteiger partial charge in [-0.15, -0.1) is 0 Å². The van der Waals surface area contributed by atoms with Crippen LogP contribution in [0, 0.1) is 6.92 Å². The van der Waals surface area contributed by atoms with Gasteiger partial charge in [-0.25, -0.2) is 4.98 Å². The minimum absolute atomic E-state index is 0.201. The number of aromatic nitrogens is 3. The number of carbonyl (C=O) groups is 1. The van der Waals surface area contributed by atoms with Gasteiger partial charge in [0.05, 0.1) is 6.20 Å². The molecule has 2 rings (SSSR count). The van der Waals surface area contributed by atoms with Gasteiger partial charge in [0.2, 0.25) is 0 Å². The standard InChI is InChI=1S/C12H15N5O/c1-8-9(7-15-17-8)6-14-12(18)10-4-3-5-11(13-2)16-10/h3-5,7H,6H2,1-2H3,(H,13,16)(H,14,18)(H,15,17). The first kappa shape index (κ1) is 12.1. The second-order valence-electron chi connectivity index (χ2n) is 3.86. The van der Waals surface area contributed by atoms with Gasteiger partial charge in [-0.3, -0.25) is 9.89 Å². The summed E-state index contributed by atoms with van der Waals surface area (Å²) in [7, 11) is 1.76. The zero-order valence-electron chi connectivity index (χ0n) is 10.3. The molecule has 0 aliphatic heterocycles. The van der Waals surface area contributed by atoms with E-state index < -0.39 is 0 Å². The molecule has 0 aliphatic carbocycles. The summed E-state index contributed by atoms with van der Waals surface area (Å²) in [4.78, 5) is 16.1. The lowest BCUT2D eigenvalue weighted by Gasteiger charge is -2.05. The summed E-state index contributed by atoms with van der Waals surface area (Å²) in [5.74, 6) is 0.467. The zero-order valence-corrected chi connectivity index (χ0v) is 10.3. The Labute approximate surface area is 105 Å². The maximum atomic E-state index is 11.9. The number of nitrogens with zero attached hydrogens (tertiary/aromatic N) is 2. The summed E-state index contributed by atoms with van der Waals surface area (Å²) in [6.45, 7) is 2.35. The van der Waals surface area contributed by atoms with Gasteiger partial charge >= 0.3 is 0 Å². The third-order valence-corrected chi connectivity index (χ3v) is 2.61. The van der Waals surface area contributed by atoms with E-state index in [1.165, 1.54) is 0 Å². The largest absolute Gasteiger partial charge is 0.373 e. The first-order chi connectivity index (χ1) is 8.70. The van der Waals surface area contributed by atoms with E-state index in [0.29, 0.717) is 18.1 Å². The first-order valence-electron chi connectivity index (χ1n) is 5.62. The predicted octanol–water partition coefficient (Wildman–Crippen LogP) is 1.08. The minimum atomic E-state index is -0.201. The van der Waals surface area contributed by atoms with Crippen LogP contribution in [0.4, 0.5) is 5.82 Å². The Morgan fingerprint density at radius 2 is 2.28 bits per heavy atom. The number of aromatic amines is 1. The molecule has 0 fully saturated rings. The van der Waals surface area contributed by atoms with Crippen LogP contribution < -0.4 is 10.6 Å². The van der Waals surface area contributed by atoms with Crippen LogP contribution in [-0.2, 0) is 6.54 Å². The maximum Gasteiger partial charge on any atom is 0.270 e. The number of rotatable bonds is 4. The van der Waals surface area contributed by atoms with Crippen molar-refractivity contribution in [1.82, 2.24) is 20.5 Å². The number of anilines is 1. The van der Waals surface area contributed by atoms with Crippen LogP contribution in [0.25, 0.3) is 0 Å². The molecule has 0 aromatic carbocycles. The molecule has 0 spiro atoms. The summed E-state index contributed by atoms with van der Waals surface area (Å²) >= 11 is 0. The molecule has 1 amide bonds. The summed E-state index contributed by atoms with van der Waals surface area (Å²) in [5.41, 5.74) is 2.31. The quantitative estimate of drug-likeness (QED) is 0.753. The molecule has 6 nitrogen and oxygen atoms in total. The van der Waals surface area contributed by atoms with Crippen molar-refractivity contribution in [1.29, 1.82) is 0 Å². The molecular formula is C12H15N5O. The van der Waals surface area contributed by atoms with Crippen molar-refractivity contribution in [3.05, 3.63) is 41.3 Å². The Morgan fingerprint density at radius 1 is 1.44 bits per heavy atom. The number of nitrogens with one attached hydrogen (secondary N) is 3. The maximum absolute atomic E-state index is 11.9. The van der Waals surface area contributed by atoms with Gasteiger partial charge in [0.1, 0.15) is 11.5 Å². The highest BCUT2D eigenvalue weighted by atomic mass is 16.1. The highest BCUT2D eigenvalue weighted by molar-refractivity contribution is 5.92. The molecule has 2 aromatic heterocycles.